The Morgan fingerprint density at radius 1 is 1.14 bits per heavy atom. The molecule has 4 nitrogen and oxygen atoms in total. The summed E-state index contributed by atoms with van der Waals surface area (Å²) < 4.78 is 0. The fourth-order valence-electron chi connectivity index (χ4n) is 3.83. The first kappa shape index (κ1) is 14.2. The van der Waals surface area contributed by atoms with Crippen LogP contribution in [0.3, 0.4) is 0 Å². The van der Waals surface area contributed by atoms with Crippen molar-refractivity contribution < 1.29 is 0 Å². The van der Waals surface area contributed by atoms with Crippen LogP contribution in [0.15, 0.2) is 24.3 Å². The maximum atomic E-state index is 4.40. The molecule has 0 radical (unpaired) electrons. The third-order valence-electron chi connectivity index (χ3n) is 5.15. The van der Waals surface area contributed by atoms with Gasteiger partial charge in [-0.1, -0.05) is 0 Å². The second-order valence-electron chi connectivity index (χ2n) is 6.50. The van der Waals surface area contributed by atoms with Gasteiger partial charge in [0.05, 0.1) is 4.88 Å². The Morgan fingerprint density at radius 2 is 1.95 bits per heavy atom. The number of piperidine rings is 3. The van der Waals surface area contributed by atoms with E-state index in [9.17, 15) is 0 Å². The molecule has 3 fully saturated rings. The molecule has 3 aliphatic heterocycles. The van der Waals surface area contributed by atoms with Gasteiger partial charge < -0.3 is 5.32 Å². The minimum Gasteiger partial charge on any atom is -0.364 e. The molecular weight excluding hydrogens is 292 g/mol. The van der Waals surface area contributed by atoms with Crippen molar-refractivity contribution in [1.82, 2.24) is 15.1 Å². The lowest BCUT2D eigenvalue weighted by atomic mass is 9.79. The molecule has 5 rings (SSSR count). The van der Waals surface area contributed by atoms with Gasteiger partial charge in [-0.2, -0.15) is 0 Å². The molecule has 2 bridgehead atoms. The van der Waals surface area contributed by atoms with Crippen molar-refractivity contribution in [2.75, 3.05) is 18.4 Å². The predicted octanol–water partition coefficient (Wildman–Crippen LogP) is 3.41. The zero-order chi connectivity index (χ0) is 15.1. The number of hydrogen-bond acceptors (Lipinski definition) is 5. The molecule has 0 saturated carbocycles. The lowest BCUT2D eigenvalue weighted by Crippen LogP contribution is -2.59. The van der Waals surface area contributed by atoms with E-state index in [1.54, 1.807) is 11.3 Å². The zero-order valence-electron chi connectivity index (χ0n) is 13.1. The van der Waals surface area contributed by atoms with E-state index in [1.165, 1.54) is 35.7 Å². The van der Waals surface area contributed by atoms with Gasteiger partial charge >= 0.3 is 0 Å². The number of hydrogen-bond donors (Lipinski definition) is 1. The van der Waals surface area contributed by atoms with Crippen molar-refractivity contribution in [3.05, 3.63) is 29.1 Å². The largest absolute Gasteiger partial charge is 0.364 e. The van der Waals surface area contributed by atoms with Gasteiger partial charge in [0, 0.05) is 17.0 Å². The van der Waals surface area contributed by atoms with Gasteiger partial charge in [-0.25, -0.2) is 0 Å². The first-order valence-corrected chi connectivity index (χ1v) is 8.93. The molecule has 5 heterocycles. The molecule has 0 amide bonds. The van der Waals surface area contributed by atoms with Crippen LogP contribution in [0.2, 0.25) is 0 Å². The molecule has 0 unspecified atom stereocenters. The van der Waals surface area contributed by atoms with Crippen LogP contribution in [0.25, 0.3) is 10.6 Å². The van der Waals surface area contributed by atoms with Crippen LogP contribution < -0.4 is 5.32 Å². The quantitative estimate of drug-likeness (QED) is 0.942. The van der Waals surface area contributed by atoms with E-state index >= 15 is 0 Å². The summed E-state index contributed by atoms with van der Waals surface area (Å²) >= 11 is 1.76. The molecule has 0 spiro atoms. The Morgan fingerprint density at radius 3 is 2.55 bits per heavy atom. The highest BCUT2D eigenvalue weighted by molar-refractivity contribution is 7.15. The molecule has 0 aromatic carbocycles. The van der Waals surface area contributed by atoms with Gasteiger partial charge in [-0.15, -0.1) is 21.5 Å². The van der Waals surface area contributed by atoms with E-state index in [2.05, 4.69) is 58.5 Å². The van der Waals surface area contributed by atoms with Crippen molar-refractivity contribution in [2.45, 2.75) is 38.8 Å². The highest BCUT2D eigenvalue weighted by atomic mass is 32.1. The van der Waals surface area contributed by atoms with Crippen LogP contribution in [0.1, 0.15) is 24.6 Å². The van der Waals surface area contributed by atoms with Crippen LogP contribution in [0.5, 0.6) is 0 Å². The second-order valence-corrected chi connectivity index (χ2v) is 7.79. The topological polar surface area (TPSA) is 41.0 Å². The average molecular weight is 314 g/mol. The predicted molar refractivity (Wildman–Crippen MR) is 91.3 cm³/mol. The van der Waals surface area contributed by atoms with E-state index < -0.39 is 0 Å². The van der Waals surface area contributed by atoms with E-state index in [1.807, 2.05) is 0 Å². The van der Waals surface area contributed by atoms with Crippen molar-refractivity contribution >= 4 is 17.2 Å². The summed E-state index contributed by atoms with van der Waals surface area (Å²) in [4.78, 5) is 5.08. The minimum absolute atomic E-state index is 0.506. The highest BCUT2D eigenvalue weighted by Gasteiger charge is 2.39. The number of rotatable bonds is 3. The first-order chi connectivity index (χ1) is 10.7. The second kappa shape index (κ2) is 5.63. The summed E-state index contributed by atoms with van der Waals surface area (Å²) in [7, 11) is 0. The molecule has 0 aliphatic carbocycles. The number of aromatic nitrogens is 2. The van der Waals surface area contributed by atoms with Crippen LogP contribution in [-0.2, 0) is 0 Å². The zero-order valence-corrected chi connectivity index (χ0v) is 13.9. The van der Waals surface area contributed by atoms with Gasteiger partial charge in [0.15, 0.2) is 0 Å². The summed E-state index contributed by atoms with van der Waals surface area (Å²) in [5, 5.41) is 12.4. The summed E-state index contributed by atoms with van der Waals surface area (Å²) in [5.74, 6) is 1.68. The molecule has 1 N–H and O–H groups in total. The van der Waals surface area contributed by atoms with Gasteiger partial charge in [0.1, 0.15) is 11.5 Å². The van der Waals surface area contributed by atoms with Gasteiger partial charge in [0.25, 0.3) is 0 Å². The molecule has 2 aromatic rings. The number of anilines is 1. The minimum atomic E-state index is 0.506. The summed E-state index contributed by atoms with van der Waals surface area (Å²) in [5.41, 5.74) is 0.964. The van der Waals surface area contributed by atoms with E-state index in [-0.39, 0.29) is 0 Å². The number of thiophene rings is 1. The molecule has 3 aliphatic rings. The first-order valence-electron chi connectivity index (χ1n) is 8.12. The van der Waals surface area contributed by atoms with E-state index in [4.69, 9.17) is 0 Å². The highest BCUT2D eigenvalue weighted by Crippen LogP contribution is 2.34. The third kappa shape index (κ3) is 2.52. The number of aryl methyl sites for hydroxylation is 1. The van der Waals surface area contributed by atoms with Gasteiger partial charge in [-0.3, -0.25) is 4.90 Å². The lowest BCUT2D eigenvalue weighted by Gasteiger charge is -2.50. The van der Waals surface area contributed by atoms with Crippen molar-refractivity contribution in [1.29, 1.82) is 0 Å². The third-order valence-corrected chi connectivity index (χ3v) is 6.17. The summed E-state index contributed by atoms with van der Waals surface area (Å²) in [6.07, 6.45) is 2.62. The van der Waals surface area contributed by atoms with Gasteiger partial charge in [-0.05, 0) is 70.0 Å². The number of nitrogens with zero attached hydrogens (tertiary/aromatic N) is 3. The molecular formula is C17H22N4S. The lowest BCUT2D eigenvalue weighted by molar-refractivity contribution is 0.0457. The summed E-state index contributed by atoms with van der Waals surface area (Å²) in [6, 6.07) is 9.49. The Hall–Kier alpha value is -1.46. The standard InChI is InChI=1S/C17H22N4S/c1-11-3-5-15(22-11)14-4-6-16(20-19-14)18-17-12(2)21-9-7-13(17)8-10-21/h3-6,12-13,17H,7-10H2,1-2H3,(H,18,20)/t12-,17+/m1/s1. The Kier molecular flexibility index (Phi) is 3.62. The van der Waals surface area contributed by atoms with Crippen LogP contribution in [0, 0.1) is 12.8 Å². The van der Waals surface area contributed by atoms with E-state index in [0.717, 1.165) is 17.4 Å². The van der Waals surface area contributed by atoms with Crippen LogP contribution in [0.4, 0.5) is 5.82 Å². The normalized spacial score (nSPS) is 30.5. The van der Waals surface area contributed by atoms with Crippen LogP contribution >= 0.6 is 11.3 Å². The Labute approximate surface area is 135 Å². The molecule has 22 heavy (non-hydrogen) atoms. The van der Waals surface area contributed by atoms with Crippen molar-refractivity contribution in [3.8, 4) is 10.6 Å². The molecule has 2 atom stereocenters. The van der Waals surface area contributed by atoms with Crippen molar-refractivity contribution in [2.24, 2.45) is 5.92 Å². The summed E-state index contributed by atoms with van der Waals surface area (Å²) in [6.45, 7) is 6.96. The maximum Gasteiger partial charge on any atom is 0.148 e. The van der Waals surface area contributed by atoms with E-state index in [0.29, 0.717) is 12.1 Å². The molecule has 2 aromatic heterocycles. The van der Waals surface area contributed by atoms with Crippen LogP contribution in [-0.4, -0.2) is 40.3 Å². The fourth-order valence-corrected chi connectivity index (χ4v) is 4.66. The monoisotopic (exact) mass is 314 g/mol. The Balaban J connectivity index is 1.49. The SMILES string of the molecule is Cc1ccc(-c2ccc(N[C@@H]3C4CCN(CC4)[C@@H]3C)nn2)s1. The van der Waals surface area contributed by atoms with Crippen molar-refractivity contribution in [3.63, 3.8) is 0 Å². The molecule has 5 heteroatoms. The number of fused-ring (bicyclic) bond motifs is 3. The average Bonchev–Trinajstić information content (AvgIpc) is 2.98. The molecule has 116 valence electrons. The molecule has 3 saturated heterocycles. The maximum absolute atomic E-state index is 4.40. The smallest absolute Gasteiger partial charge is 0.148 e. The Bertz CT molecular complexity index is 641. The van der Waals surface area contributed by atoms with Gasteiger partial charge in [0.2, 0.25) is 0 Å². The number of nitrogens with one attached hydrogen (secondary N) is 1. The fraction of sp³-hybridized carbons (Fsp3) is 0.529.